The highest BCUT2D eigenvalue weighted by molar-refractivity contribution is 5.79. The normalized spacial score (nSPS) is 14.5. The lowest BCUT2D eigenvalue weighted by molar-refractivity contribution is -0.384. The van der Waals surface area contributed by atoms with Crippen LogP contribution in [0.15, 0.2) is 64.2 Å². The van der Waals surface area contributed by atoms with Crippen LogP contribution >= 0.6 is 0 Å². The Morgan fingerprint density at radius 2 is 1.81 bits per heavy atom. The van der Waals surface area contributed by atoms with Gasteiger partial charge in [-0.3, -0.25) is 24.4 Å². The Morgan fingerprint density at radius 1 is 1.03 bits per heavy atom. The van der Waals surface area contributed by atoms with Crippen LogP contribution in [0.1, 0.15) is 24.8 Å². The highest BCUT2D eigenvalue weighted by Crippen LogP contribution is 2.22. The van der Waals surface area contributed by atoms with E-state index in [2.05, 4.69) is 40.2 Å². The van der Waals surface area contributed by atoms with Gasteiger partial charge >= 0.3 is 5.69 Å². The maximum Gasteiger partial charge on any atom is 0.328 e. The zero-order chi connectivity index (χ0) is 21.8. The minimum absolute atomic E-state index is 0.156. The number of hydrogen-bond acceptors (Lipinski definition) is 5. The maximum atomic E-state index is 12.7. The fraction of sp³-hybridized carbons (Fsp3) is 0.304. The van der Waals surface area contributed by atoms with E-state index in [1.807, 2.05) is 6.07 Å². The van der Waals surface area contributed by atoms with Crippen molar-refractivity contribution in [3.63, 3.8) is 0 Å². The molecule has 1 aliphatic rings. The van der Waals surface area contributed by atoms with Crippen molar-refractivity contribution < 1.29 is 4.92 Å². The van der Waals surface area contributed by atoms with Crippen LogP contribution in [-0.2, 0) is 6.54 Å². The second-order valence-corrected chi connectivity index (χ2v) is 7.73. The summed E-state index contributed by atoms with van der Waals surface area (Å²) in [5, 5.41) is 11.1. The smallest absolute Gasteiger partial charge is 0.307 e. The summed E-state index contributed by atoms with van der Waals surface area (Å²) in [7, 11) is 0. The molecule has 0 unspecified atom stereocenters. The molecule has 0 radical (unpaired) electrons. The number of H-pyrrole nitrogens is 1. The molecule has 0 fully saturated rings. The second-order valence-electron chi connectivity index (χ2n) is 7.73. The number of aromatic amines is 1. The van der Waals surface area contributed by atoms with Crippen molar-refractivity contribution in [2.75, 3.05) is 19.6 Å². The number of unbranched alkanes of at least 4 members (excludes halogenated alkanes) is 1. The van der Waals surface area contributed by atoms with Gasteiger partial charge < -0.3 is 4.98 Å². The maximum absolute atomic E-state index is 12.7. The predicted octanol–water partition coefficient (Wildman–Crippen LogP) is 3.17. The van der Waals surface area contributed by atoms with E-state index in [9.17, 15) is 19.7 Å². The van der Waals surface area contributed by atoms with E-state index >= 15 is 0 Å². The highest BCUT2D eigenvalue weighted by atomic mass is 16.6. The number of rotatable bonds is 7. The van der Waals surface area contributed by atoms with E-state index in [0.29, 0.717) is 11.9 Å². The molecule has 0 bridgehead atoms. The summed E-state index contributed by atoms with van der Waals surface area (Å²) in [6.07, 6.45) is 4.80. The van der Waals surface area contributed by atoms with E-state index in [4.69, 9.17) is 0 Å². The van der Waals surface area contributed by atoms with Crippen LogP contribution in [0.2, 0.25) is 0 Å². The number of nitrogens with one attached hydrogen (secondary N) is 1. The molecule has 3 aromatic rings. The van der Waals surface area contributed by atoms with Crippen molar-refractivity contribution in [3.05, 3.63) is 91.1 Å². The Labute approximate surface area is 178 Å². The van der Waals surface area contributed by atoms with Crippen LogP contribution in [0.4, 0.5) is 5.69 Å². The van der Waals surface area contributed by atoms with Gasteiger partial charge in [0.2, 0.25) is 0 Å². The third kappa shape index (κ3) is 4.64. The lowest BCUT2D eigenvalue weighted by atomic mass is 9.99. The standard InChI is InChI=1S/C23H24N4O4/c28-22-20-16-19(27(30)31)8-9-21(20)24-23(29)26(22)13-5-4-12-25-14-10-18(11-15-25)17-6-2-1-3-7-17/h1-3,6-10,16H,4-5,11-15H2,(H,24,29). The first-order chi connectivity index (χ1) is 15.0. The zero-order valence-electron chi connectivity index (χ0n) is 17.1. The molecule has 1 N–H and O–H groups in total. The van der Waals surface area contributed by atoms with E-state index < -0.39 is 16.2 Å². The van der Waals surface area contributed by atoms with E-state index in [1.165, 1.54) is 29.3 Å². The van der Waals surface area contributed by atoms with Gasteiger partial charge in [0.1, 0.15) is 0 Å². The zero-order valence-corrected chi connectivity index (χ0v) is 17.1. The molecular formula is C23H24N4O4. The third-order valence-electron chi connectivity index (χ3n) is 5.72. The minimum atomic E-state index is -0.551. The highest BCUT2D eigenvalue weighted by Gasteiger charge is 2.14. The molecule has 4 rings (SSSR count). The number of non-ortho nitro benzene ring substituents is 1. The largest absolute Gasteiger partial charge is 0.328 e. The average molecular weight is 420 g/mol. The predicted molar refractivity (Wildman–Crippen MR) is 120 cm³/mol. The van der Waals surface area contributed by atoms with Gasteiger partial charge in [0.05, 0.1) is 15.8 Å². The molecule has 0 spiro atoms. The van der Waals surface area contributed by atoms with Gasteiger partial charge in [-0.25, -0.2) is 4.79 Å². The van der Waals surface area contributed by atoms with Crippen molar-refractivity contribution >= 4 is 22.2 Å². The molecule has 8 nitrogen and oxygen atoms in total. The first kappa shape index (κ1) is 20.7. The summed E-state index contributed by atoms with van der Waals surface area (Å²) in [5.74, 6) is 0. The first-order valence-electron chi connectivity index (χ1n) is 10.4. The van der Waals surface area contributed by atoms with Crippen molar-refractivity contribution in [2.24, 2.45) is 0 Å². The Morgan fingerprint density at radius 3 is 2.52 bits per heavy atom. The van der Waals surface area contributed by atoms with Gasteiger partial charge in [-0.05, 0) is 43.0 Å². The van der Waals surface area contributed by atoms with Crippen LogP contribution in [0.5, 0.6) is 0 Å². The number of fused-ring (bicyclic) bond motifs is 1. The lowest BCUT2D eigenvalue weighted by Gasteiger charge is -2.26. The molecule has 0 saturated heterocycles. The van der Waals surface area contributed by atoms with Gasteiger partial charge in [-0.15, -0.1) is 0 Å². The Bertz CT molecular complexity index is 1240. The van der Waals surface area contributed by atoms with Crippen molar-refractivity contribution in [1.29, 1.82) is 0 Å². The molecule has 0 atom stereocenters. The molecule has 8 heteroatoms. The molecular weight excluding hydrogens is 396 g/mol. The van der Waals surface area contributed by atoms with Crippen LogP contribution in [-0.4, -0.2) is 39.0 Å². The lowest BCUT2D eigenvalue weighted by Crippen LogP contribution is -2.35. The topological polar surface area (TPSA) is 101 Å². The molecule has 31 heavy (non-hydrogen) atoms. The number of benzene rings is 2. The average Bonchev–Trinajstić information content (AvgIpc) is 2.79. The summed E-state index contributed by atoms with van der Waals surface area (Å²) in [5.41, 5.74) is 1.82. The number of aromatic nitrogens is 2. The monoisotopic (exact) mass is 420 g/mol. The van der Waals surface area contributed by atoms with Crippen LogP contribution in [0.3, 0.4) is 0 Å². The van der Waals surface area contributed by atoms with E-state index in [-0.39, 0.29) is 17.6 Å². The minimum Gasteiger partial charge on any atom is -0.307 e. The Kier molecular flexibility index (Phi) is 6.08. The summed E-state index contributed by atoms with van der Waals surface area (Å²) >= 11 is 0. The molecule has 2 heterocycles. The number of nitro groups is 1. The fourth-order valence-electron chi connectivity index (χ4n) is 3.99. The van der Waals surface area contributed by atoms with Gasteiger partial charge in [0.25, 0.3) is 11.2 Å². The summed E-state index contributed by atoms with van der Waals surface area (Å²) < 4.78 is 1.13. The quantitative estimate of drug-likeness (QED) is 0.359. The van der Waals surface area contributed by atoms with Gasteiger partial charge in [-0.1, -0.05) is 36.4 Å². The van der Waals surface area contributed by atoms with E-state index in [0.717, 1.165) is 37.0 Å². The van der Waals surface area contributed by atoms with Gasteiger partial charge in [0, 0.05) is 31.8 Å². The second kappa shape index (κ2) is 9.09. The summed E-state index contributed by atoms with van der Waals surface area (Å²) in [4.78, 5) is 40.4. The van der Waals surface area contributed by atoms with Crippen molar-refractivity contribution in [2.45, 2.75) is 25.8 Å². The van der Waals surface area contributed by atoms with Gasteiger partial charge in [0.15, 0.2) is 0 Å². The van der Waals surface area contributed by atoms with Crippen LogP contribution < -0.4 is 11.2 Å². The fourth-order valence-corrected chi connectivity index (χ4v) is 3.99. The third-order valence-corrected chi connectivity index (χ3v) is 5.72. The Hall–Kier alpha value is -3.52. The summed E-state index contributed by atoms with van der Waals surface area (Å²) in [6, 6.07) is 14.3. The number of hydrogen-bond donors (Lipinski definition) is 1. The molecule has 2 aromatic carbocycles. The van der Waals surface area contributed by atoms with E-state index in [1.54, 1.807) is 0 Å². The molecule has 0 saturated carbocycles. The number of nitro benzene ring substituents is 1. The molecule has 160 valence electrons. The van der Waals surface area contributed by atoms with Crippen molar-refractivity contribution in [1.82, 2.24) is 14.5 Å². The first-order valence-corrected chi connectivity index (χ1v) is 10.4. The molecule has 0 amide bonds. The summed E-state index contributed by atoms with van der Waals surface area (Å²) in [6.45, 7) is 3.06. The SMILES string of the molecule is O=c1[nH]c2ccc([N+](=O)[O-])cc2c(=O)n1CCCCN1CC=C(c2ccccc2)CC1. The van der Waals surface area contributed by atoms with Crippen LogP contribution in [0, 0.1) is 10.1 Å². The van der Waals surface area contributed by atoms with Crippen molar-refractivity contribution in [3.8, 4) is 0 Å². The Balaban J connectivity index is 1.36. The molecule has 1 aliphatic heterocycles. The molecule has 1 aromatic heterocycles. The number of nitrogens with zero attached hydrogens (tertiary/aromatic N) is 3. The van der Waals surface area contributed by atoms with Crippen LogP contribution in [0.25, 0.3) is 16.5 Å². The molecule has 0 aliphatic carbocycles. The van der Waals surface area contributed by atoms with Gasteiger partial charge in [-0.2, -0.15) is 0 Å².